The van der Waals surface area contributed by atoms with Crippen molar-refractivity contribution in [2.45, 2.75) is 26.5 Å². The van der Waals surface area contributed by atoms with Crippen molar-refractivity contribution in [2.75, 3.05) is 12.3 Å². The van der Waals surface area contributed by atoms with Gasteiger partial charge in [-0.15, -0.1) is 0 Å². The number of carbonyl (C=O) groups excluding carboxylic acids is 1. The summed E-state index contributed by atoms with van der Waals surface area (Å²) >= 11 is 1.61. The standard InChI is InChI=1S/C19H22FNOS/c1-13-10-15(3)17(11-14(13)2)19(22)21-8-9-23-12-16-6-4-5-7-18(16)20/h4-7,10-11H,8-9,12H2,1-3H3,(H,21,22). The summed E-state index contributed by atoms with van der Waals surface area (Å²) in [4.78, 5) is 12.2. The molecule has 0 spiro atoms. The van der Waals surface area contributed by atoms with Crippen molar-refractivity contribution in [3.8, 4) is 0 Å². The van der Waals surface area contributed by atoms with Gasteiger partial charge in [0, 0.05) is 23.6 Å². The molecule has 2 aromatic carbocycles. The first-order chi connectivity index (χ1) is 11.0. The van der Waals surface area contributed by atoms with Crippen molar-refractivity contribution >= 4 is 17.7 Å². The van der Waals surface area contributed by atoms with Crippen LogP contribution >= 0.6 is 11.8 Å². The van der Waals surface area contributed by atoms with Gasteiger partial charge in [-0.05, 0) is 55.2 Å². The van der Waals surface area contributed by atoms with E-state index < -0.39 is 0 Å². The van der Waals surface area contributed by atoms with Crippen LogP contribution < -0.4 is 5.32 Å². The predicted molar refractivity (Wildman–Crippen MR) is 95.5 cm³/mol. The SMILES string of the molecule is Cc1cc(C)c(C(=O)NCCSCc2ccccc2F)cc1C. The molecule has 0 aromatic heterocycles. The Hall–Kier alpha value is -1.81. The van der Waals surface area contributed by atoms with Gasteiger partial charge in [-0.3, -0.25) is 4.79 Å². The predicted octanol–water partition coefficient (Wildman–Crippen LogP) is 4.41. The third-order valence-electron chi connectivity index (χ3n) is 3.83. The number of aryl methyl sites for hydroxylation is 3. The first kappa shape index (κ1) is 17.5. The van der Waals surface area contributed by atoms with Crippen LogP contribution in [0.15, 0.2) is 36.4 Å². The zero-order valence-electron chi connectivity index (χ0n) is 13.8. The molecular weight excluding hydrogens is 309 g/mol. The maximum Gasteiger partial charge on any atom is 0.251 e. The van der Waals surface area contributed by atoms with Crippen LogP contribution in [0, 0.1) is 26.6 Å². The van der Waals surface area contributed by atoms with E-state index in [9.17, 15) is 9.18 Å². The van der Waals surface area contributed by atoms with E-state index in [1.54, 1.807) is 23.9 Å². The van der Waals surface area contributed by atoms with Gasteiger partial charge in [-0.1, -0.05) is 24.3 Å². The Labute approximate surface area is 141 Å². The normalized spacial score (nSPS) is 10.6. The minimum absolute atomic E-state index is 0.0444. The lowest BCUT2D eigenvalue weighted by molar-refractivity contribution is 0.0955. The lowest BCUT2D eigenvalue weighted by atomic mass is 10.0. The van der Waals surface area contributed by atoms with Crippen LogP contribution in [0.3, 0.4) is 0 Å². The molecule has 0 aliphatic rings. The lowest BCUT2D eigenvalue weighted by Gasteiger charge is -2.10. The summed E-state index contributed by atoms with van der Waals surface area (Å²) in [5.41, 5.74) is 4.74. The molecular formula is C19H22FNOS. The number of hydrogen-bond acceptors (Lipinski definition) is 2. The minimum Gasteiger partial charge on any atom is -0.351 e. The summed E-state index contributed by atoms with van der Waals surface area (Å²) in [7, 11) is 0. The third-order valence-corrected chi connectivity index (χ3v) is 4.84. The highest BCUT2D eigenvalue weighted by Crippen LogP contribution is 2.16. The molecule has 0 saturated carbocycles. The Balaban J connectivity index is 1.79. The van der Waals surface area contributed by atoms with Gasteiger partial charge in [0.25, 0.3) is 5.91 Å². The number of benzene rings is 2. The zero-order valence-corrected chi connectivity index (χ0v) is 14.6. The summed E-state index contributed by atoms with van der Waals surface area (Å²) in [5, 5.41) is 2.93. The molecule has 0 heterocycles. The van der Waals surface area contributed by atoms with E-state index in [-0.39, 0.29) is 11.7 Å². The van der Waals surface area contributed by atoms with E-state index in [1.165, 1.54) is 11.6 Å². The van der Waals surface area contributed by atoms with Gasteiger partial charge in [0.1, 0.15) is 5.82 Å². The monoisotopic (exact) mass is 331 g/mol. The molecule has 0 aliphatic carbocycles. The van der Waals surface area contributed by atoms with Gasteiger partial charge in [0.05, 0.1) is 0 Å². The van der Waals surface area contributed by atoms with E-state index in [0.717, 1.165) is 22.4 Å². The Kier molecular flexibility index (Phi) is 6.22. The number of nitrogens with one attached hydrogen (secondary N) is 1. The number of carbonyl (C=O) groups is 1. The van der Waals surface area contributed by atoms with Crippen LogP contribution in [0.1, 0.15) is 32.6 Å². The minimum atomic E-state index is -0.171. The molecule has 4 heteroatoms. The summed E-state index contributed by atoms with van der Waals surface area (Å²) in [6.07, 6.45) is 0. The molecule has 122 valence electrons. The molecule has 0 fully saturated rings. The first-order valence-electron chi connectivity index (χ1n) is 7.66. The molecule has 2 rings (SSSR count). The van der Waals surface area contributed by atoms with Gasteiger partial charge in [-0.25, -0.2) is 4.39 Å². The number of rotatable bonds is 6. The topological polar surface area (TPSA) is 29.1 Å². The van der Waals surface area contributed by atoms with E-state index in [2.05, 4.69) is 5.32 Å². The van der Waals surface area contributed by atoms with Crippen molar-refractivity contribution in [1.82, 2.24) is 5.32 Å². The van der Waals surface area contributed by atoms with Gasteiger partial charge in [0.15, 0.2) is 0 Å². The molecule has 0 atom stereocenters. The molecule has 0 unspecified atom stereocenters. The van der Waals surface area contributed by atoms with Crippen LogP contribution in [0.2, 0.25) is 0 Å². The van der Waals surface area contributed by atoms with E-state index in [1.807, 2.05) is 39.0 Å². The summed E-state index contributed by atoms with van der Waals surface area (Å²) in [5.74, 6) is 1.15. The van der Waals surface area contributed by atoms with Crippen molar-refractivity contribution in [3.05, 3.63) is 70.0 Å². The zero-order chi connectivity index (χ0) is 16.8. The van der Waals surface area contributed by atoms with Gasteiger partial charge >= 0.3 is 0 Å². The molecule has 2 aromatic rings. The number of amides is 1. The quantitative estimate of drug-likeness (QED) is 0.794. The summed E-state index contributed by atoms with van der Waals surface area (Å²) < 4.78 is 13.5. The third kappa shape index (κ3) is 4.83. The molecule has 23 heavy (non-hydrogen) atoms. The summed E-state index contributed by atoms with van der Waals surface area (Å²) in [6, 6.07) is 10.8. The maximum absolute atomic E-state index is 13.5. The fourth-order valence-electron chi connectivity index (χ4n) is 2.33. The Morgan fingerprint density at radius 2 is 1.78 bits per heavy atom. The van der Waals surface area contributed by atoms with E-state index in [0.29, 0.717) is 17.9 Å². The highest BCUT2D eigenvalue weighted by Gasteiger charge is 2.10. The Bertz CT molecular complexity index is 700. The maximum atomic E-state index is 13.5. The van der Waals surface area contributed by atoms with Crippen LogP contribution in [-0.2, 0) is 5.75 Å². The number of hydrogen-bond donors (Lipinski definition) is 1. The molecule has 0 aliphatic heterocycles. The van der Waals surface area contributed by atoms with Gasteiger partial charge < -0.3 is 5.32 Å². The van der Waals surface area contributed by atoms with Crippen LogP contribution in [0.25, 0.3) is 0 Å². The Morgan fingerprint density at radius 3 is 2.52 bits per heavy atom. The van der Waals surface area contributed by atoms with Crippen LogP contribution in [-0.4, -0.2) is 18.2 Å². The second kappa shape index (κ2) is 8.16. The van der Waals surface area contributed by atoms with Gasteiger partial charge in [0.2, 0.25) is 0 Å². The smallest absolute Gasteiger partial charge is 0.251 e. The molecule has 0 saturated heterocycles. The first-order valence-corrected chi connectivity index (χ1v) is 8.81. The van der Waals surface area contributed by atoms with Crippen molar-refractivity contribution in [2.24, 2.45) is 0 Å². The van der Waals surface area contributed by atoms with Gasteiger partial charge in [-0.2, -0.15) is 11.8 Å². The van der Waals surface area contributed by atoms with Crippen molar-refractivity contribution < 1.29 is 9.18 Å². The lowest BCUT2D eigenvalue weighted by Crippen LogP contribution is -2.26. The van der Waals surface area contributed by atoms with E-state index >= 15 is 0 Å². The van der Waals surface area contributed by atoms with Crippen molar-refractivity contribution in [1.29, 1.82) is 0 Å². The fourth-order valence-corrected chi connectivity index (χ4v) is 3.18. The van der Waals surface area contributed by atoms with Crippen LogP contribution in [0.5, 0.6) is 0 Å². The fraction of sp³-hybridized carbons (Fsp3) is 0.316. The van der Waals surface area contributed by atoms with Crippen molar-refractivity contribution in [3.63, 3.8) is 0 Å². The largest absolute Gasteiger partial charge is 0.351 e. The number of thioether (sulfide) groups is 1. The average molecular weight is 331 g/mol. The highest BCUT2D eigenvalue weighted by molar-refractivity contribution is 7.98. The molecule has 0 radical (unpaired) electrons. The molecule has 0 bridgehead atoms. The Morgan fingerprint density at radius 1 is 1.09 bits per heavy atom. The summed E-state index contributed by atoms with van der Waals surface area (Å²) in [6.45, 7) is 6.58. The molecule has 2 nitrogen and oxygen atoms in total. The molecule has 1 amide bonds. The second-order valence-corrected chi connectivity index (χ2v) is 6.76. The number of halogens is 1. The van der Waals surface area contributed by atoms with Crippen LogP contribution in [0.4, 0.5) is 4.39 Å². The highest BCUT2D eigenvalue weighted by atomic mass is 32.2. The molecule has 1 N–H and O–H groups in total. The second-order valence-electron chi connectivity index (χ2n) is 5.65. The van der Waals surface area contributed by atoms with E-state index in [4.69, 9.17) is 0 Å². The average Bonchev–Trinajstić information content (AvgIpc) is 2.52.